The summed E-state index contributed by atoms with van der Waals surface area (Å²) in [5, 5.41) is 25.4. The van der Waals surface area contributed by atoms with Crippen LogP contribution in [0.5, 0.6) is 0 Å². The Bertz CT molecular complexity index is 112. The highest BCUT2D eigenvalue weighted by Gasteiger charge is 2.20. The fourth-order valence-electron chi connectivity index (χ4n) is 0.605. The second kappa shape index (κ2) is 4.24. The summed E-state index contributed by atoms with van der Waals surface area (Å²) in [6, 6.07) is 0. The number of carbonyl (C=O) groups is 1. The van der Waals surface area contributed by atoms with Crippen molar-refractivity contribution in [1.82, 2.24) is 0 Å². The van der Waals surface area contributed by atoms with Crippen molar-refractivity contribution in [2.45, 2.75) is 19.4 Å². The van der Waals surface area contributed by atoms with E-state index in [0.717, 1.165) is 0 Å². The quantitative estimate of drug-likeness (QED) is 0.500. The van der Waals surface area contributed by atoms with E-state index in [0.29, 0.717) is 6.42 Å². The second-order valence-corrected chi connectivity index (χ2v) is 2.27. The molecular formula is C6H12O4. The molecule has 0 aromatic carbocycles. The number of rotatable bonds is 4. The molecule has 0 fully saturated rings. The standard InChI is InChI=1S/C6H12O4/c1-4(2-3-7)5(8)6(9)10/h4-5,7-8H,2-3H2,1H3,(H,9,10). The molecule has 0 aliphatic carbocycles. The fourth-order valence-corrected chi connectivity index (χ4v) is 0.605. The van der Waals surface area contributed by atoms with E-state index >= 15 is 0 Å². The highest BCUT2D eigenvalue weighted by molar-refractivity contribution is 5.72. The highest BCUT2D eigenvalue weighted by Crippen LogP contribution is 2.06. The second-order valence-electron chi connectivity index (χ2n) is 2.27. The molecule has 10 heavy (non-hydrogen) atoms. The molecule has 4 heteroatoms. The number of aliphatic hydroxyl groups is 2. The molecule has 0 heterocycles. The number of aliphatic carboxylic acids is 1. The smallest absolute Gasteiger partial charge is 0.332 e. The minimum Gasteiger partial charge on any atom is -0.479 e. The van der Waals surface area contributed by atoms with Crippen LogP contribution >= 0.6 is 0 Å². The van der Waals surface area contributed by atoms with Crippen molar-refractivity contribution in [2.24, 2.45) is 5.92 Å². The van der Waals surface area contributed by atoms with Crippen LogP contribution in [0.2, 0.25) is 0 Å². The van der Waals surface area contributed by atoms with E-state index in [1.165, 1.54) is 0 Å². The van der Waals surface area contributed by atoms with Crippen LogP contribution < -0.4 is 0 Å². The number of carboxylic acids is 1. The predicted octanol–water partition coefficient (Wildman–Crippen LogP) is -0.550. The predicted molar refractivity (Wildman–Crippen MR) is 34.5 cm³/mol. The first kappa shape index (κ1) is 9.39. The molecule has 60 valence electrons. The van der Waals surface area contributed by atoms with Crippen molar-refractivity contribution in [2.75, 3.05) is 6.61 Å². The van der Waals surface area contributed by atoms with Gasteiger partial charge < -0.3 is 15.3 Å². The Morgan fingerprint density at radius 3 is 2.40 bits per heavy atom. The summed E-state index contributed by atoms with van der Waals surface area (Å²) in [5.74, 6) is -1.62. The van der Waals surface area contributed by atoms with Gasteiger partial charge in [0.25, 0.3) is 0 Å². The fraction of sp³-hybridized carbons (Fsp3) is 0.833. The van der Waals surface area contributed by atoms with Gasteiger partial charge in [-0.1, -0.05) is 6.92 Å². The molecule has 0 amide bonds. The van der Waals surface area contributed by atoms with E-state index in [2.05, 4.69) is 0 Å². The van der Waals surface area contributed by atoms with Crippen LogP contribution in [0.3, 0.4) is 0 Å². The van der Waals surface area contributed by atoms with Crippen LogP contribution in [0.15, 0.2) is 0 Å². The lowest BCUT2D eigenvalue weighted by molar-refractivity contribution is -0.149. The molecule has 0 aromatic heterocycles. The monoisotopic (exact) mass is 148 g/mol. The van der Waals surface area contributed by atoms with Crippen LogP contribution in [0.1, 0.15) is 13.3 Å². The number of carboxylic acid groups (broad SMARTS) is 1. The van der Waals surface area contributed by atoms with Gasteiger partial charge in [0.1, 0.15) is 0 Å². The van der Waals surface area contributed by atoms with Crippen LogP contribution in [-0.4, -0.2) is 34.0 Å². The molecule has 2 unspecified atom stereocenters. The molecule has 3 N–H and O–H groups in total. The van der Waals surface area contributed by atoms with Gasteiger partial charge >= 0.3 is 5.97 Å². The summed E-state index contributed by atoms with van der Waals surface area (Å²) >= 11 is 0. The Labute approximate surface area is 59.1 Å². The van der Waals surface area contributed by atoms with Crippen LogP contribution in [-0.2, 0) is 4.79 Å². The van der Waals surface area contributed by atoms with Crippen LogP contribution in [0.25, 0.3) is 0 Å². The van der Waals surface area contributed by atoms with Crippen molar-refractivity contribution >= 4 is 5.97 Å². The average molecular weight is 148 g/mol. The maximum absolute atomic E-state index is 10.1. The molecule has 0 radical (unpaired) electrons. The molecule has 0 aliphatic heterocycles. The zero-order valence-corrected chi connectivity index (χ0v) is 5.82. The molecular weight excluding hydrogens is 136 g/mol. The van der Waals surface area contributed by atoms with E-state index in [4.69, 9.17) is 15.3 Å². The molecule has 0 spiro atoms. The van der Waals surface area contributed by atoms with Crippen LogP contribution in [0, 0.1) is 5.92 Å². The molecule has 0 saturated heterocycles. The molecule has 0 rings (SSSR count). The largest absolute Gasteiger partial charge is 0.479 e. The van der Waals surface area contributed by atoms with Gasteiger partial charge in [0.15, 0.2) is 6.10 Å². The summed E-state index contributed by atoms with van der Waals surface area (Å²) in [6.45, 7) is 1.49. The summed E-state index contributed by atoms with van der Waals surface area (Å²) in [6.07, 6.45) is -1.04. The third-order valence-corrected chi connectivity index (χ3v) is 1.38. The van der Waals surface area contributed by atoms with Gasteiger partial charge in [0.2, 0.25) is 0 Å². The van der Waals surface area contributed by atoms with Crippen LogP contribution in [0.4, 0.5) is 0 Å². The maximum atomic E-state index is 10.1. The number of aliphatic hydroxyl groups excluding tert-OH is 2. The lowest BCUT2D eigenvalue weighted by Crippen LogP contribution is -2.27. The number of hydrogen-bond donors (Lipinski definition) is 3. The summed E-state index contributed by atoms with van der Waals surface area (Å²) in [4.78, 5) is 10.1. The average Bonchev–Trinajstić information content (AvgIpc) is 1.87. The highest BCUT2D eigenvalue weighted by atomic mass is 16.4. The van der Waals surface area contributed by atoms with Gasteiger partial charge in [-0.25, -0.2) is 4.79 Å². The molecule has 0 saturated carbocycles. The molecule has 0 aliphatic rings. The third kappa shape index (κ3) is 2.80. The third-order valence-electron chi connectivity index (χ3n) is 1.38. The normalized spacial score (nSPS) is 16.3. The van der Waals surface area contributed by atoms with E-state index < -0.39 is 12.1 Å². The Hall–Kier alpha value is -0.610. The van der Waals surface area contributed by atoms with Crippen molar-refractivity contribution in [3.8, 4) is 0 Å². The van der Waals surface area contributed by atoms with Gasteiger partial charge in [-0.2, -0.15) is 0 Å². The molecule has 0 aromatic rings. The SMILES string of the molecule is CC(CCO)C(O)C(=O)O. The first-order valence-corrected chi connectivity index (χ1v) is 3.11. The minimum absolute atomic E-state index is 0.0918. The van der Waals surface area contributed by atoms with Crippen molar-refractivity contribution in [3.05, 3.63) is 0 Å². The summed E-state index contributed by atoms with van der Waals surface area (Å²) in [7, 11) is 0. The maximum Gasteiger partial charge on any atom is 0.332 e. The lowest BCUT2D eigenvalue weighted by Gasteiger charge is -2.12. The Morgan fingerprint density at radius 1 is 1.60 bits per heavy atom. The Morgan fingerprint density at radius 2 is 2.10 bits per heavy atom. The van der Waals surface area contributed by atoms with E-state index in [1.807, 2.05) is 0 Å². The van der Waals surface area contributed by atoms with Gasteiger partial charge in [0, 0.05) is 6.61 Å². The van der Waals surface area contributed by atoms with Gasteiger partial charge in [-0.05, 0) is 12.3 Å². The minimum atomic E-state index is -1.35. The molecule has 4 nitrogen and oxygen atoms in total. The zero-order chi connectivity index (χ0) is 8.15. The van der Waals surface area contributed by atoms with E-state index in [1.54, 1.807) is 6.92 Å². The van der Waals surface area contributed by atoms with E-state index in [9.17, 15) is 4.79 Å². The molecule has 2 atom stereocenters. The number of hydrogen-bond acceptors (Lipinski definition) is 3. The summed E-state index contributed by atoms with van der Waals surface area (Å²) in [5.41, 5.74) is 0. The van der Waals surface area contributed by atoms with Crippen molar-refractivity contribution in [1.29, 1.82) is 0 Å². The van der Waals surface area contributed by atoms with Crippen molar-refractivity contribution < 1.29 is 20.1 Å². The Kier molecular flexibility index (Phi) is 3.99. The van der Waals surface area contributed by atoms with Gasteiger partial charge in [-0.15, -0.1) is 0 Å². The first-order valence-electron chi connectivity index (χ1n) is 3.11. The topological polar surface area (TPSA) is 77.8 Å². The lowest BCUT2D eigenvalue weighted by atomic mass is 10.0. The Balaban J connectivity index is 3.69. The van der Waals surface area contributed by atoms with Gasteiger partial charge in [0.05, 0.1) is 0 Å². The first-order chi connectivity index (χ1) is 4.59. The van der Waals surface area contributed by atoms with Crippen molar-refractivity contribution in [3.63, 3.8) is 0 Å². The summed E-state index contributed by atoms with van der Waals surface area (Å²) < 4.78 is 0. The van der Waals surface area contributed by atoms with E-state index in [-0.39, 0.29) is 12.5 Å². The van der Waals surface area contributed by atoms with Gasteiger partial charge in [-0.3, -0.25) is 0 Å². The zero-order valence-electron chi connectivity index (χ0n) is 5.82. The molecule has 0 bridgehead atoms.